The Bertz CT molecular complexity index is 1260. The van der Waals surface area contributed by atoms with Crippen LogP contribution in [0.4, 0.5) is 11.4 Å². The number of hydroxylamine groups is 1. The fourth-order valence-electron chi connectivity index (χ4n) is 5.22. The molecule has 5 atom stereocenters. The zero-order valence-corrected chi connectivity index (χ0v) is 19.1. The number of anilines is 2. The fourth-order valence-corrected chi connectivity index (χ4v) is 6.20. The summed E-state index contributed by atoms with van der Waals surface area (Å²) in [5.41, 5.74) is 3.09. The van der Waals surface area contributed by atoms with Gasteiger partial charge in [0.25, 0.3) is 10.1 Å². The molecule has 3 aliphatic rings. The zero-order valence-electron chi connectivity index (χ0n) is 18.3. The molecule has 2 aromatic rings. The lowest BCUT2D eigenvalue weighted by Gasteiger charge is -2.48. The average Bonchev–Trinajstić information content (AvgIpc) is 2.98. The van der Waals surface area contributed by atoms with Crippen molar-refractivity contribution in [3.63, 3.8) is 0 Å². The molecule has 2 fully saturated rings. The van der Waals surface area contributed by atoms with Crippen LogP contribution in [-0.4, -0.2) is 52.9 Å². The Hall–Kier alpha value is -2.99. The molecule has 2 saturated heterocycles. The molecule has 0 radical (unpaired) electrons. The fraction of sp³-hybridized carbons (Fsp3) is 0.391. The number of aliphatic hydroxyl groups is 1. The van der Waals surface area contributed by atoms with Gasteiger partial charge < -0.3 is 10.0 Å². The van der Waals surface area contributed by atoms with Crippen LogP contribution in [0.15, 0.2) is 42.5 Å². The standard InChI is InChI=1S/C23H25N3O7S/c1-12-2-4-13(5-3-12)20-18(34(31,32)33)11-25(20)14-6-8-17-16(10-14)22(28)21(26(17)30)15-7-9-19(27)24-23(15)29/h2-6,8,10,15,18,20-22,28,30H,7,9,11H2,1H3,(H,24,27,29)(H,31,32,33). The highest BCUT2D eigenvalue weighted by molar-refractivity contribution is 7.86. The van der Waals surface area contributed by atoms with E-state index in [0.717, 1.165) is 16.2 Å². The molecule has 0 bridgehead atoms. The third kappa shape index (κ3) is 3.65. The number of aryl methyl sites for hydroxylation is 1. The van der Waals surface area contributed by atoms with Gasteiger partial charge in [0.2, 0.25) is 11.8 Å². The molecule has 11 heteroatoms. The maximum Gasteiger partial charge on any atom is 0.271 e. The van der Waals surface area contributed by atoms with Gasteiger partial charge in [-0.3, -0.25) is 24.7 Å². The number of fused-ring (bicyclic) bond motifs is 1. The van der Waals surface area contributed by atoms with Gasteiger partial charge in [-0.25, -0.2) is 5.06 Å². The van der Waals surface area contributed by atoms with Gasteiger partial charge in [-0.1, -0.05) is 29.8 Å². The molecule has 0 spiro atoms. The quantitative estimate of drug-likeness (QED) is 0.372. The van der Waals surface area contributed by atoms with Crippen LogP contribution in [0.2, 0.25) is 0 Å². The highest BCUT2D eigenvalue weighted by Gasteiger charge is 2.49. The molecule has 0 aromatic heterocycles. The number of nitrogens with one attached hydrogen (secondary N) is 1. The number of amides is 2. The number of aliphatic hydroxyl groups excluding tert-OH is 1. The second-order valence-electron chi connectivity index (χ2n) is 9.14. The van der Waals surface area contributed by atoms with Gasteiger partial charge in [-0.05, 0) is 37.1 Å². The lowest BCUT2D eigenvalue weighted by molar-refractivity contribution is -0.138. The molecule has 0 saturated carbocycles. The maximum atomic E-state index is 12.3. The van der Waals surface area contributed by atoms with Crippen LogP contribution in [0.3, 0.4) is 0 Å². The summed E-state index contributed by atoms with van der Waals surface area (Å²) >= 11 is 0. The van der Waals surface area contributed by atoms with Crippen molar-refractivity contribution in [2.75, 3.05) is 16.5 Å². The van der Waals surface area contributed by atoms with Gasteiger partial charge in [0.1, 0.15) is 11.4 Å². The molecule has 3 aliphatic heterocycles. The minimum Gasteiger partial charge on any atom is -0.386 e. The summed E-state index contributed by atoms with van der Waals surface area (Å²) in [4.78, 5) is 25.7. The van der Waals surface area contributed by atoms with Gasteiger partial charge >= 0.3 is 0 Å². The number of carbonyl (C=O) groups is 2. The van der Waals surface area contributed by atoms with Gasteiger partial charge in [0.15, 0.2) is 0 Å². The van der Waals surface area contributed by atoms with Crippen molar-refractivity contribution >= 4 is 33.3 Å². The molecule has 5 rings (SSSR count). The number of hydrogen-bond donors (Lipinski definition) is 4. The number of carbonyl (C=O) groups excluding carboxylic acids is 2. The van der Waals surface area contributed by atoms with Crippen molar-refractivity contribution in [2.45, 2.75) is 43.2 Å². The van der Waals surface area contributed by atoms with E-state index in [1.54, 1.807) is 18.2 Å². The second kappa shape index (κ2) is 8.05. The minimum atomic E-state index is -4.29. The molecular weight excluding hydrogens is 462 g/mol. The zero-order chi connectivity index (χ0) is 24.4. The number of nitrogens with zero attached hydrogens (tertiary/aromatic N) is 2. The van der Waals surface area contributed by atoms with Crippen molar-refractivity contribution in [1.82, 2.24) is 5.32 Å². The summed E-state index contributed by atoms with van der Waals surface area (Å²) in [6.45, 7) is 1.98. The van der Waals surface area contributed by atoms with E-state index in [-0.39, 0.29) is 25.3 Å². The summed E-state index contributed by atoms with van der Waals surface area (Å²) in [6, 6.07) is 10.8. The van der Waals surface area contributed by atoms with Crippen molar-refractivity contribution in [3.8, 4) is 0 Å². The van der Waals surface area contributed by atoms with Crippen LogP contribution in [0.1, 0.15) is 41.7 Å². The number of benzene rings is 2. The Labute approximate surface area is 196 Å². The van der Waals surface area contributed by atoms with E-state index in [4.69, 9.17) is 0 Å². The van der Waals surface area contributed by atoms with Crippen LogP contribution < -0.4 is 15.3 Å². The third-order valence-electron chi connectivity index (χ3n) is 7.07. The molecular formula is C23H25N3O7S. The lowest BCUT2D eigenvalue weighted by Crippen LogP contribution is -2.57. The molecule has 0 aliphatic carbocycles. The topological polar surface area (TPSA) is 147 Å². The van der Waals surface area contributed by atoms with Crippen molar-refractivity contribution in [2.24, 2.45) is 5.92 Å². The van der Waals surface area contributed by atoms with Crippen LogP contribution in [0.25, 0.3) is 0 Å². The van der Waals surface area contributed by atoms with Gasteiger partial charge in [0, 0.05) is 24.2 Å². The maximum absolute atomic E-state index is 12.3. The predicted molar refractivity (Wildman–Crippen MR) is 122 cm³/mol. The normalized spacial score (nSPS) is 29.0. The predicted octanol–water partition coefficient (Wildman–Crippen LogP) is 1.48. The van der Waals surface area contributed by atoms with Crippen LogP contribution in [-0.2, 0) is 19.7 Å². The third-order valence-corrected chi connectivity index (χ3v) is 8.25. The second-order valence-corrected chi connectivity index (χ2v) is 10.8. The van der Waals surface area contributed by atoms with Gasteiger partial charge in [-0.15, -0.1) is 0 Å². The van der Waals surface area contributed by atoms with Crippen molar-refractivity contribution < 1.29 is 32.9 Å². The van der Waals surface area contributed by atoms with Gasteiger partial charge in [0.05, 0.1) is 23.7 Å². The molecule has 180 valence electrons. The number of rotatable bonds is 4. The summed E-state index contributed by atoms with van der Waals surface area (Å²) in [5, 5.41) is 23.9. The largest absolute Gasteiger partial charge is 0.386 e. The Morgan fingerprint density at radius 2 is 1.79 bits per heavy atom. The van der Waals surface area contributed by atoms with Crippen LogP contribution >= 0.6 is 0 Å². The van der Waals surface area contributed by atoms with E-state index in [1.807, 2.05) is 36.1 Å². The molecule has 2 amide bonds. The monoisotopic (exact) mass is 487 g/mol. The van der Waals surface area contributed by atoms with Crippen LogP contribution in [0, 0.1) is 12.8 Å². The molecule has 3 heterocycles. The van der Waals surface area contributed by atoms with Crippen molar-refractivity contribution in [1.29, 1.82) is 0 Å². The first kappa shape index (κ1) is 22.8. The van der Waals surface area contributed by atoms with E-state index < -0.39 is 45.4 Å². The molecule has 34 heavy (non-hydrogen) atoms. The Kier molecular flexibility index (Phi) is 5.40. The first-order chi connectivity index (χ1) is 16.1. The van der Waals surface area contributed by atoms with E-state index in [9.17, 15) is 32.9 Å². The SMILES string of the molecule is Cc1ccc(C2C(S(=O)(=O)O)CN2c2ccc3c(c2)C(O)C(C2CCC(=O)NC2=O)N3O)cc1. The molecule has 10 nitrogen and oxygen atoms in total. The molecule has 2 aromatic carbocycles. The van der Waals surface area contributed by atoms with E-state index in [0.29, 0.717) is 16.9 Å². The lowest BCUT2D eigenvalue weighted by atomic mass is 9.87. The highest BCUT2D eigenvalue weighted by atomic mass is 32.2. The Balaban J connectivity index is 1.46. The van der Waals surface area contributed by atoms with E-state index >= 15 is 0 Å². The Morgan fingerprint density at radius 1 is 1.09 bits per heavy atom. The number of hydrogen-bond acceptors (Lipinski definition) is 8. The van der Waals surface area contributed by atoms with E-state index in [2.05, 4.69) is 5.32 Å². The average molecular weight is 488 g/mol. The van der Waals surface area contributed by atoms with Crippen LogP contribution in [0.5, 0.6) is 0 Å². The van der Waals surface area contributed by atoms with E-state index in [1.165, 1.54) is 0 Å². The first-order valence-corrected chi connectivity index (χ1v) is 12.5. The molecule has 4 N–H and O–H groups in total. The summed E-state index contributed by atoms with van der Waals surface area (Å²) in [6.07, 6.45) is -0.861. The first-order valence-electron chi connectivity index (χ1n) is 11.0. The molecule has 5 unspecified atom stereocenters. The smallest absolute Gasteiger partial charge is 0.271 e. The number of imide groups is 1. The summed E-state index contributed by atoms with van der Waals surface area (Å²) in [7, 11) is -4.29. The summed E-state index contributed by atoms with van der Waals surface area (Å²) in [5.74, 6) is -1.70. The van der Waals surface area contributed by atoms with Gasteiger partial charge in [-0.2, -0.15) is 8.42 Å². The number of piperidine rings is 1. The Morgan fingerprint density at radius 3 is 2.44 bits per heavy atom. The minimum absolute atomic E-state index is 0.0612. The highest BCUT2D eigenvalue weighted by Crippen LogP contribution is 2.47. The van der Waals surface area contributed by atoms with Crippen molar-refractivity contribution in [3.05, 3.63) is 59.2 Å². The summed E-state index contributed by atoms with van der Waals surface area (Å²) < 4.78 is 33.7.